The summed E-state index contributed by atoms with van der Waals surface area (Å²) >= 11 is 6.28. The molecule has 33 heavy (non-hydrogen) atoms. The fourth-order valence-electron chi connectivity index (χ4n) is 3.63. The maximum Gasteiger partial charge on any atom is 0.258 e. The number of benzene rings is 2. The second-order valence-electron chi connectivity index (χ2n) is 7.69. The maximum absolute atomic E-state index is 13.0. The lowest BCUT2D eigenvalue weighted by atomic mass is 10.2. The second kappa shape index (κ2) is 9.54. The van der Waals surface area contributed by atoms with E-state index in [0.29, 0.717) is 34.6 Å². The van der Waals surface area contributed by atoms with Gasteiger partial charge in [0.15, 0.2) is 11.5 Å². The molecule has 0 unspecified atom stereocenters. The van der Waals surface area contributed by atoms with E-state index in [-0.39, 0.29) is 12.7 Å². The number of guanidine groups is 1. The van der Waals surface area contributed by atoms with E-state index in [1.807, 2.05) is 50.6 Å². The molecular formula is C24H26ClN5O3. The van der Waals surface area contributed by atoms with Crippen molar-refractivity contribution in [2.45, 2.75) is 40.8 Å². The number of nitrogens with zero attached hydrogens (tertiary/aromatic N) is 3. The van der Waals surface area contributed by atoms with Gasteiger partial charge in [0, 0.05) is 34.1 Å². The average Bonchev–Trinajstić information content (AvgIpc) is 3.38. The van der Waals surface area contributed by atoms with Gasteiger partial charge in [0.25, 0.3) is 5.91 Å². The Bertz CT molecular complexity index is 1240. The lowest BCUT2D eigenvalue weighted by molar-refractivity contribution is 0.0976. The fourth-order valence-corrected chi connectivity index (χ4v) is 3.80. The molecule has 0 aliphatic carbocycles. The van der Waals surface area contributed by atoms with Crippen LogP contribution in [0.3, 0.4) is 0 Å². The predicted octanol–water partition coefficient (Wildman–Crippen LogP) is 4.61. The van der Waals surface area contributed by atoms with Gasteiger partial charge in [-0.15, -0.1) is 0 Å². The zero-order chi connectivity index (χ0) is 23.5. The Hall–Kier alpha value is -3.52. The average molecular weight is 468 g/mol. The lowest BCUT2D eigenvalue weighted by Gasteiger charge is -2.14. The first kappa shape index (κ1) is 22.7. The number of fused-ring (bicyclic) bond motifs is 1. The summed E-state index contributed by atoms with van der Waals surface area (Å²) < 4.78 is 12.7. The molecule has 0 atom stereocenters. The number of aliphatic imine (C=N–C) groups is 1. The van der Waals surface area contributed by atoms with Gasteiger partial charge in [-0.05, 0) is 63.6 Å². The molecule has 9 heteroatoms. The molecule has 2 N–H and O–H groups in total. The summed E-state index contributed by atoms with van der Waals surface area (Å²) in [6, 6.07) is 10.6. The molecule has 0 radical (unpaired) electrons. The van der Waals surface area contributed by atoms with Crippen LogP contribution >= 0.6 is 11.6 Å². The van der Waals surface area contributed by atoms with Gasteiger partial charge in [0.05, 0.1) is 12.2 Å². The SMILES string of the molecule is CCn1nc(C)c(CN=C(NC(=O)c2ccc3c(c2)OCO3)Nc2cccc(Cl)c2C)c1C. The Balaban J connectivity index is 1.62. The van der Waals surface area contributed by atoms with Gasteiger partial charge in [-0.3, -0.25) is 14.8 Å². The first-order valence-electron chi connectivity index (χ1n) is 10.7. The second-order valence-corrected chi connectivity index (χ2v) is 8.10. The van der Waals surface area contributed by atoms with E-state index in [2.05, 4.69) is 20.7 Å². The third-order valence-corrected chi connectivity index (χ3v) is 6.02. The zero-order valence-electron chi connectivity index (χ0n) is 19.0. The van der Waals surface area contributed by atoms with E-state index in [1.165, 1.54) is 0 Å². The molecule has 2 heterocycles. The standard InChI is InChI=1S/C24H26ClN5O3/c1-5-30-16(4)18(15(3)29-30)12-26-24(27-20-8-6-7-19(25)14(20)2)28-23(31)17-9-10-21-22(11-17)33-13-32-21/h6-11H,5,12-13H2,1-4H3,(H2,26,27,28,31). The Morgan fingerprint density at radius 1 is 1.18 bits per heavy atom. The number of carbonyl (C=O) groups excluding carboxylic acids is 1. The van der Waals surface area contributed by atoms with Crippen molar-refractivity contribution in [3.63, 3.8) is 0 Å². The highest BCUT2D eigenvalue weighted by atomic mass is 35.5. The van der Waals surface area contributed by atoms with Crippen molar-refractivity contribution >= 4 is 29.2 Å². The molecule has 1 aromatic heterocycles. The van der Waals surface area contributed by atoms with Crippen molar-refractivity contribution < 1.29 is 14.3 Å². The van der Waals surface area contributed by atoms with Crippen LogP contribution < -0.4 is 20.1 Å². The number of ether oxygens (including phenoxy) is 2. The summed E-state index contributed by atoms with van der Waals surface area (Å²) in [6.45, 7) is 9.23. The number of carbonyl (C=O) groups is 1. The lowest BCUT2D eigenvalue weighted by Crippen LogP contribution is -2.36. The maximum atomic E-state index is 13.0. The van der Waals surface area contributed by atoms with Gasteiger partial charge in [0.1, 0.15) is 0 Å². The van der Waals surface area contributed by atoms with Gasteiger partial charge in [-0.25, -0.2) is 4.99 Å². The van der Waals surface area contributed by atoms with Crippen LogP contribution in [0.25, 0.3) is 0 Å². The van der Waals surface area contributed by atoms with Crippen LogP contribution in [0.2, 0.25) is 5.02 Å². The van der Waals surface area contributed by atoms with Crippen LogP contribution in [-0.4, -0.2) is 28.4 Å². The third kappa shape index (κ3) is 4.80. The summed E-state index contributed by atoms with van der Waals surface area (Å²) in [4.78, 5) is 17.7. The van der Waals surface area contributed by atoms with Crippen LogP contribution in [0.15, 0.2) is 41.4 Å². The Labute approximate surface area is 197 Å². The van der Waals surface area contributed by atoms with Gasteiger partial charge >= 0.3 is 0 Å². The number of anilines is 1. The minimum absolute atomic E-state index is 0.146. The normalized spacial score (nSPS) is 12.7. The molecule has 3 aromatic rings. The predicted molar refractivity (Wildman–Crippen MR) is 128 cm³/mol. The van der Waals surface area contributed by atoms with E-state index < -0.39 is 0 Å². The summed E-state index contributed by atoms with van der Waals surface area (Å²) in [6.07, 6.45) is 0. The first-order valence-corrected chi connectivity index (χ1v) is 11.1. The van der Waals surface area contributed by atoms with E-state index >= 15 is 0 Å². The number of halogens is 1. The first-order chi connectivity index (χ1) is 15.9. The molecule has 0 fully saturated rings. The Morgan fingerprint density at radius 2 is 1.97 bits per heavy atom. The zero-order valence-corrected chi connectivity index (χ0v) is 19.8. The minimum Gasteiger partial charge on any atom is -0.454 e. The van der Waals surface area contributed by atoms with Crippen LogP contribution in [0, 0.1) is 20.8 Å². The molecule has 0 saturated heterocycles. The highest BCUT2D eigenvalue weighted by Crippen LogP contribution is 2.32. The molecule has 1 aliphatic heterocycles. The molecule has 0 bridgehead atoms. The molecule has 1 aliphatic rings. The third-order valence-electron chi connectivity index (χ3n) is 5.61. The van der Waals surface area contributed by atoms with Crippen molar-refractivity contribution in [2.75, 3.05) is 12.1 Å². The fraction of sp³-hybridized carbons (Fsp3) is 0.292. The van der Waals surface area contributed by atoms with Gasteiger partial charge < -0.3 is 14.8 Å². The number of hydrogen-bond acceptors (Lipinski definition) is 5. The van der Waals surface area contributed by atoms with Gasteiger partial charge in [0.2, 0.25) is 12.8 Å². The van der Waals surface area contributed by atoms with Crippen molar-refractivity contribution in [2.24, 2.45) is 4.99 Å². The molecule has 4 rings (SSSR count). The van der Waals surface area contributed by atoms with Crippen LogP contribution in [0.1, 0.15) is 39.8 Å². The molecule has 2 aromatic carbocycles. The summed E-state index contributed by atoms with van der Waals surface area (Å²) in [5, 5.41) is 11.3. The number of rotatable bonds is 5. The molecule has 0 spiro atoms. The van der Waals surface area contributed by atoms with Crippen molar-refractivity contribution in [3.05, 3.63) is 69.5 Å². The Morgan fingerprint density at radius 3 is 2.73 bits per heavy atom. The minimum atomic E-state index is -0.322. The summed E-state index contributed by atoms with van der Waals surface area (Å²) in [5.41, 5.74) is 5.04. The van der Waals surface area contributed by atoms with Crippen LogP contribution in [-0.2, 0) is 13.1 Å². The van der Waals surface area contributed by atoms with Crippen molar-refractivity contribution in [1.82, 2.24) is 15.1 Å². The van der Waals surface area contributed by atoms with E-state index in [9.17, 15) is 4.79 Å². The number of hydrogen-bond donors (Lipinski definition) is 2. The molecule has 8 nitrogen and oxygen atoms in total. The largest absolute Gasteiger partial charge is 0.454 e. The highest BCUT2D eigenvalue weighted by molar-refractivity contribution is 6.31. The van der Waals surface area contributed by atoms with Crippen molar-refractivity contribution in [3.8, 4) is 11.5 Å². The summed E-state index contributed by atoms with van der Waals surface area (Å²) in [7, 11) is 0. The van der Waals surface area contributed by atoms with Crippen LogP contribution in [0.4, 0.5) is 5.69 Å². The number of aryl methyl sites for hydroxylation is 2. The topological polar surface area (TPSA) is 89.8 Å². The highest BCUT2D eigenvalue weighted by Gasteiger charge is 2.18. The van der Waals surface area contributed by atoms with E-state index in [4.69, 9.17) is 21.1 Å². The molecule has 172 valence electrons. The smallest absolute Gasteiger partial charge is 0.258 e. The van der Waals surface area contributed by atoms with Gasteiger partial charge in [-0.1, -0.05) is 17.7 Å². The van der Waals surface area contributed by atoms with E-state index in [0.717, 1.165) is 34.7 Å². The number of amides is 1. The molecular weight excluding hydrogens is 442 g/mol. The van der Waals surface area contributed by atoms with Gasteiger partial charge in [-0.2, -0.15) is 5.10 Å². The summed E-state index contributed by atoms with van der Waals surface area (Å²) in [5.74, 6) is 1.15. The quantitative estimate of drug-likeness (QED) is 0.422. The van der Waals surface area contributed by atoms with E-state index in [1.54, 1.807) is 18.2 Å². The van der Waals surface area contributed by atoms with Crippen molar-refractivity contribution in [1.29, 1.82) is 0 Å². The molecule has 1 amide bonds. The Kier molecular flexibility index (Phi) is 6.55. The van der Waals surface area contributed by atoms with Crippen LogP contribution in [0.5, 0.6) is 11.5 Å². The number of aromatic nitrogens is 2. The molecule has 0 saturated carbocycles. The monoisotopic (exact) mass is 467 g/mol. The number of nitrogens with one attached hydrogen (secondary N) is 2.